The van der Waals surface area contributed by atoms with E-state index in [4.69, 9.17) is 22.9 Å². The molecule has 0 spiro atoms. The molecule has 0 amide bonds. The van der Waals surface area contributed by atoms with Gasteiger partial charge in [-0.2, -0.15) is 0 Å². The lowest BCUT2D eigenvalue weighted by Gasteiger charge is -2.13. The van der Waals surface area contributed by atoms with Crippen LogP contribution < -0.4 is 22.9 Å². The molecule has 14 heteroatoms. The number of nitrogen functional groups attached to an aromatic ring is 4. The first-order chi connectivity index (χ1) is 17.9. The predicted octanol–water partition coefficient (Wildman–Crippen LogP) is 7.28. The predicted molar refractivity (Wildman–Crippen MR) is 134 cm³/mol. The van der Waals surface area contributed by atoms with Gasteiger partial charge in [0.25, 0.3) is 0 Å². The van der Waals surface area contributed by atoms with Crippen LogP contribution >= 0.6 is 21.6 Å². The first-order valence-corrected chi connectivity index (χ1v) is 12.3. The van der Waals surface area contributed by atoms with Gasteiger partial charge in [0.1, 0.15) is 11.4 Å². The van der Waals surface area contributed by atoms with E-state index in [1.54, 1.807) is 21.6 Å². The summed E-state index contributed by atoms with van der Waals surface area (Å²) in [5, 5.41) is 0. The maximum atomic E-state index is 13.6. The lowest BCUT2D eigenvalue weighted by Crippen LogP contribution is -2.10. The van der Waals surface area contributed by atoms with Crippen LogP contribution in [0.25, 0.3) is 11.1 Å². The first-order valence-electron chi connectivity index (χ1n) is 10.1. The molecule has 0 saturated carbocycles. The lowest BCUT2D eigenvalue weighted by molar-refractivity contribution is 0.447. The quantitative estimate of drug-likeness (QED) is 0.0881. The highest BCUT2D eigenvalue weighted by molar-refractivity contribution is 8.76. The molecule has 0 radical (unpaired) electrons. The van der Waals surface area contributed by atoms with Crippen molar-refractivity contribution < 1.29 is 35.1 Å². The van der Waals surface area contributed by atoms with Gasteiger partial charge in [0, 0.05) is 21.2 Å². The molecule has 0 heterocycles. The summed E-state index contributed by atoms with van der Waals surface area (Å²) in [6.45, 7) is 0. The van der Waals surface area contributed by atoms with Crippen molar-refractivity contribution in [3.05, 3.63) is 95.1 Å². The van der Waals surface area contributed by atoms with Gasteiger partial charge in [-0.15, -0.1) is 0 Å². The van der Waals surface area contributed by atoms with E-state index >= 15 is 0 Å². The largest absolute Gasteiger partial charge is 0.398 e. The van der Waals surface area contributed by atoms with Crippen LogP contribution in [0.15, 0.2) is 58.3 Å². The van der Waals surface area contributed by atoms with E-state index in [9.17, 15) is 35.1 Å². The number of para-hydroxylation sites is 2. The molecule has 4 rings (SSSR count). The summed E-state index contributed by atoms with van der Waals surface area (Å²) in [4.78, 5) is 2.13. The van der Waals surface area contributed by atoms with Crippen LogP contribution in [0.2, 0.25) is 0 Å². The highest BCUT2D eigenvalue weighted by Gasteiger charge is 2.32. The smallest absolute Gasteiger partial charge is 0.185 e. The van der Waals surface area contributed by atoms with Crippen LogP contribution in [-0.4, -0.2) is 0 Å². The summed E-state index contributed by atoms with van der Waals surface area (Å²) in [6.07, 6.45) is 0. The molecule has 4 aromatic rings. The number of rotatable bonds is 4. The highest BCUT2D eigenvalue weighted by Crippen LogP contribution is 2.42. The Bertz CT molecular complexity index is 1350. The maximum Gasteiger partial charge on any atom is 0.185 e. The molecule has 0 aliphatic heterocycles. The molecule has 200 valence electrons. The fraction of sp³-hybridized carbons (Fsp3) is 0. The molecule has 0 bridgehead atoms. The van der Waals surface area contributed by atoms with Gasteiger partial charge in [0.15, 0.2) is 46.5 Å². The number of hydrogen-bond acceptors (Lipinski definition) is 6. The Morgan fingerprint density at radius 2 is 0.658 bits per heavy atom. The van der Waals surface area contributed by atoms with E-state index < -0.39 is 69.0 Å². The van der Waals surface area contributed by atoms with Crippen molar-refractivity contribution in [3.8, 4) is 11.1 Å². The minimum absolute atomic E-state index is 0.800. The Hall–Kier alpha value is -3.78. The minimum Gasteiger partial charge on any atom is -0.398 e. The molecule has 0 saturated heterocycles. The second kappa shape index (κ2) is 11.7. The van der Waals surface area contributed by atoms with E-state index in [2.05, 4.69) is 0 Å². The summed E-state index contributed by atoms with van der Waals surface area (Å²) in [6, 6.07) is 15.6. The molecule has 0 aliphatic carbocycles. The Labute approximate surface area is 218 Å². The average Bonchev–Trinajstić information content (AvgIpc) is 2.91. The number of hydrogen-bond donors (Lipinski definition) is 4. The third kappa shape index (κ3) is 5.55. The molecule has 0 fully saturated rings. The van der Waals surface area contributed by atoms with E-state index in [0.717, 1.165) is 21.2 Å². The minimum atomic E-state index is -2.32. The second-order valence-electron chi connectivity index (χ2n) is 7.33. The van der Waals surface area contributed by atoms with Crippen molar-refractivity contribution in [1.29, 1.82) is 0 Å². The molecular formula is C24H16F8N4S2. The van der Waals surface area contributed by atoms with E-state index in [1.807, 2.05) is 48.5 Å². The van der Waals surface area contributed by atoms with Gasteiger partial charge in [-0.3, -0.25) is 0 Å². The van der Waals surface area contributed by atoms with E-state index in [-0.39, 0.29) is 0 Å². The number of anilines is 4. The molecule has 0 unspecified atom stereocenters. The van der Waals surface area contributed by atoms with Gasteiger partial charge < -0.3 is 22.9 Å². The van der Waals surface area contributed by atoms with Crippen molar-refractivity contribution in [2.75, 3.05) is 22.9 Å². The molecule has 38 heavy (non-hydrogen) atoms. The molecule has 8 N–H and O–H groups in total. The van der Waals surface area contributed by atoms with Crippen LogP contribution in [0, 0.1) is 46.5 Å². The summed E-state index contributed by atoms with van der Waals surface area (Å²) < 4.78 is 108. The molecular weight excluding hydrogens is 560 g/mol. The van der Waals surface area contributed by atoms with E-state index in [1.165, 1.54) is 0 Å². The van der Waals surface area contributed by atoms with Crippen LogP contribution in [0.5, 0.6) is 0 Å². The van der Waals surface area contributed by atoms with E-state index in [0.29, 0.717) is 0 Å². The standard InChI is InChI=1S/C12H4F8N2.C12H12N2S2/c13-3-1(4(14)8(18)11(21)7(3)17)2-5(15)9(19)12(22)10(20)6(2)16;13-9-5-1-3-7-11(9)15-16-12-8-4-2-6-10(12)14/h21-22H2;1-8H,13-14H2. The SMILES string of the molecule is Nc1c(F)c(F)c(-c2c(F)c(F)c(N)c(F)c2F)c(F)c1F.Nc1ccccc1SSc1ccccc1N. The zero-order chi connectivity index (χ0) is 28.3. The third-order valence-corrected chi connectivity index (χ3v) is 7.42. The number of halogens is 8. The van der Waals surface area contributed by atoms with Crippen molar-refractivity contribution in [3.63, 3.8) is 0 Å². The molecule has 0 atom stereocenters. The fourth-order valence-corrected chi connectivity index (χ4v) is 5.16. The number of benzene rings is 4. The molecule has 4 aromatic carbocycles. The van der Waals surface area contributed by atoms with Crippen LogP contribution in [0.4, 0.5) is 57.9 Å². The number of nitrogens with two attached hydrogens (primary N) is 4. The Kier molecular flexibility index (Phi) is 8.89. The average molecular weight is 577 g/mol. The van der Waals surface area contributed by atoms with Crippen molar-refractivity contribution in [1.82, 2.24) is 0 Å². The monoisotopic (exact) mass is 576 g/mol. The summed E-state index contributed by atoms with van der Waals surface area (Å²) in [5.41, 5.74) is 15.5. The fourth-order valence-electron chi connectivity index (χ4n) is 2.94. The van der Waals surface area contributed by atoms with Gasteiger partial charge >= 0.3 is 0 Å². The van der Waals surface area contributed by atoms with Gasteiger partial charge in [0.2, 0.25) is 0 Å². The Morgan fingerprint density at radius 3 is 0.921 bits per heavy atom. The molecule has 0 aliphatic rings. The summed E-state index contributed by atoms with van der Waals surface area (Å²) >= 11 is 0. The van der Waals surface area contributed by atoms with Gasteiger partial charge in [-0.1, -0.05) is 45.9 Å². The zero-order valence-electron chi connectivity index (χ0n) is 18.8. The van der Waals surface area contributed by atoms with Crippen molar-refractivity contribution in [2.24, 2.45) is 0 Å². The van der Waals surface area contributed by atoms with Gasteiger partial charge in [0.05, 0.1) is 11.1 Å². The normalized spacial score (nSPS) is 10.7. The van der Waals surface area contributed by atoms with Crippen molar-refractivity contribution in [2.45, 2.75) is 9.79 Å². The summed E-state index contributed by atoms with van der Waals surface area (Å²) in [7, 11) is 3.25. The zero-order valence-corrected chi connectivity index (χ0v) is 20.4. The topological polar surface area (TPSA) is 104 Å². The first kappa shape index (κ1) is 28.8. The van der Waals surface area contributed by atoms with Gasteiger partial charge in [-0.25, -0.2) is 35.1 Å². The van der Waals surface area contributed by atoms with Gasteiger partial charge in [-0.05, 0) is 24.3 Å². The lowest BCUT2D eigenvalue weighted by atomic mass is 10.0. The van der Waals surface area contributed by atoms with Crippen molar-refractivity contribution >= 4 is 44.3 Å². The van der Waals surface area contributed by atoms with Crippen LogP contribution in [-0.2, 0) is 0 Å². The third-order valence-electron chi connectivity index (χ3n) is 4.90. The Balaban J connectivity index is 0.000000221. The second-order valence-corrected chi connectivity index (χ2v) is 9.54. The van der Waals surface area contributed by atoms with Crippen LogP contribution in [0.1, 0.15) is 0 Å². The molecule has 4 nitrogen and oxygen atoms in total. The highest BCUT2D eigenvalue weighted by atomic mass is 33.1. The Morgan fingerprint density at radius 1 is 0.395 bits per heavy atom. The van der Waals surface area contributed by atoms with Crippen LogP contribution in [0.3, 0.4) is 0 Å². The maximum absolute atomic E-state index is 13.6. The molecule has 0 aromatic heterocycles. The summed E-state index contributed by atoms with van der Waals surface area (Å²) in [5.74, 6) is -18.0.